The van der Waals surface area contributed by atoms with Gasteiger partial charge in [0.25, 0.3) is 0 Å². The van der Waals surface area contributed by atoms with Gasteiger partial charge in [0, 0.05) is 23.2 Å². The van der Waals surface area contributed by atoms with E-state index in [1.54, 1.807) is 0 Å². The number of fused-ring (bicyclic) bond motifs is 1. The molecule has 0 aliphatic heterocycles. The zero-order valence-corrected chi connectivity index (χ0v) is 13.0. The molecule has 1 heterocycles. The molecule has 0 saturated heterocycles. The summed E-state index contributed by atoms with van der Waals surface area (Å²) < 4.78 is 0. The average molecular weight is 272 g/mol. The SMILES string of the molecule is Cc1ccc2cc(CNC(C)(C)C(C)(C)O)ccc2n1. The number of nitrogens with zero attached hydrogens (tertiary/aromatic N) is 1. The van der Waals surface area contributed by atoms with E-state index in [1.165, 1.54) is 5.56 Å². The number of rotatable bonds is 4. The molecular formula is C17H24N2O. The highest BCUT2D eigenvalue weighted by molar-refractivity contribution is 5.79. The molecule has 0 atom stereocenters. The molecule has 0 fully saturated rings. The number of benzene rings is 1. The van der Waals surface area contributed by atoms with Crippen LogP contribution in [0.2, 0.25) is 0 Å². The predicted molar refractivity (Wildman–Crippen MR) is 83.7 cm³/mol. The van der Waals surface area contributed by atoms with Crippen molar-refractivity contribution >= 4 is 10.9 Å². The first-order chi connectivity index (χ1) is 9.19. The first-order valence-electron chi connectivity index (χ1n) is 7.03. The molecule has 0 spiro atoms. The number of aryl methyl sites for hydroxylation is 1. The van der Waals surface area contributed by atoms with Crippen LogP contribution in [-0.4, -0.2) is 21.2 Å². The maximum absolute atomic E-state index is 10.2. The van der Waals surface area contributed by atoms with Crippen molar-refractivity contribution in [2.24, 2.45) is 0 Å². The number of hydrogen-bond donors (Lipinski definition) is 2. The maximum atomic E-state index is 10.2. The molecule has 0 aliphatic rings. The van der Waals surface area contributed by atoms with Crippen LogP contribution in [0.5, 0.6) is 0 Å². The molecule has 3 heteroatoms. The number of nitrogens with one attached hydrogen (secondary N) is 1. The zero-order chi connectivity index (χ0) is 15.0. The Labute approximate surface area is 121 Å². The summed E-state index contributed by atoms with van der Waals surface area (Å²) in [5.74, 6) is 0. The van der Waals surface area contributed by atoms with Crippen LogP contribution < -0.4 is 5.32 Å². The van der Waals surface area contributed by atoms with E-state index < -0.39 is 5.60 Å². The van der Waals surface area contributed by atoms with E-state index in [0.29, 0.717) is 0 Å². The Hall–Kier alpha value is -1.45. The molecular weight excluding hydrogens is 248 g/mol. The standard InChI is InChI=1S/C17H24N2O/c1-12-6-8-14-10-13(7-9-15(14)19-12)11-18-16(2,3)17(4,5)20/h6-10,18,20H,11H2,1-5H3. The minimum atomic E-state index is -0.775. The number of hydrogen-bond acceptors (Lipinski definition) is 3. The monoisotopic (exact) mass is 272 g/mol. The molecule has 2 aromatic rings. The molecule has 0 saturated carbocycles. The van der Waals surface area contributed by atoms with E-state index in [2.05, 4.69) is 34.6 Å². The van der Waals surface area contributed by atoms with Crippen LogP contribution in [0, 0.1) is 6.92 Å². The van der Waals surface area contributed by atoms with Gasteiger partial charge in [0.2, 0.25) is 0 Å². The third kappa shape index (κ3) is 3.17. The Morgan fingerprint density at radius 3 is 2.45 bits per heavy atom. The Morgan fingerprint density at radius 2 is 1.80 bits per heavy atom. The van der Waals surface area contributed by atoms with Crippen LogP contribution in [0.15, 0.2) is 30.3 Å². The summed E-state index contributed by atoms with van der Waals surface area (Å²) in [6.07, 6.45) is 0. The fraction of sp³-hybridized carbons (Fsp3) is 0.471. The van der Waals surface area contributed by atoms with Gasteiger partial charge in [-0.3, -0.25) is 4.98 Å². The predicted octanol–water partition coefficient (Wildman–Crippen LogP) is 3.18. The minimum absolute atomic E-state index is 0.354. The molecule has 20 heavy (non-hydrogen) atoms. The van der Waals surface area contributed by atoms with Crippen molar-refractivity contribution in [2.45, 2.75) is 52.3 Å². The van der Waals surface area contributed by atoms with Gasteiger partial charge in [-0.25, -0.2) is 0 Å². The van der Waals surface area contributed by atoms with Crippen LogP contribution >= 0.6 is 0 Å². The van der Waals surface area contributed by atoms with Crippen LogP contribution in [-0.2, 0) is 6.54 Å². The number of pyridine rings is 1. The van der Waals surface area contributed by atoms with Gasteiger partial charge in [-0.1, -0.05) is 12.1 Å². The topological polar surface area (TPSA) is 45.1 Å². The van der Waals surface area contributed by atoms with Gasteiger partial charge in [0.1, 0.15) is 0 Å². The Kier molecular flexibility index (Phi) is 3.85. The summed E-state index contributed by atoms with van der Waals surface area (Å²) in [5.41, 5.74) is 2.12. The minimum Gasteiger partial charge on any atom is -0.389 e. The largest absolute Gasteiger partial charge is 0.389 e. The van der Waals surface area contributed by atoms with Crippen molar-refractivity contribution in [1.29, 1.82) is 0 Å². The van der Waals surface area contributed by atoms with Gasteiger partial charge >= 0.3 is 0 Å². The highest BCUT2D eigenvalue weighted by Crippen LogP contribution is 2.22. The van der Waals surface area contributed by atoms with Crippen LogP contribution in [0.1, 0.15) is 39.0 Å². The van der Waals surface area contributed by atoms with Gasteiger partial charge in [-0.05, 0) is 58.4 Å². The van der Waals surface area contributed by atoms with Gasteiger partial charge in [0.15, 0.2) is 0 Å². The van der Waals surface area contributed by atoms with E-state index in [0.717, 1.165) is 23.1 Å². The number of aromatic nitrogens is 1. The smallest absolute Gasteiger partial charge is 0.0767 e. The zero-order valence-electron chi connectivity index (χ0n) is 13.0. The summed E-state index contributed by atoms with van der Waals surface area (Å²) in [6, 6.07) is 10.4. The van der Waals surface area contributed by atoms with Crippen molar-refractivity contribution < 1.29 is 5.11 Å². The summed E-state index contributed by atoms with van der Waals surface area (Å²) in [7, 11) is 0. The second-order valence-electron chi connectivity index (χ2n) is 6.52. The quantitative estimate of drug-likeness (QED) is 0.898. The normalized spacial score (nSPS) is 12.9. The van der Waals surface area contributed by atoms with E-state index in [4.69, 9.17) is 0 Å². The molecule has 1 aromatic heterocycles. The van der Waals surface area contributed by atoms with Gasteiger partial charge in [-0.2, -0.15) is 0 Å². The van der Waals surface area contributed by atoms with Crippen LogP contribution in [0.3, 0.4) is 0 Å². The van der Waals surface area contributed by atoms with Crippen molar-refractivity contribution in [2.75, 3.05) is 0 Å². The lowest BCUT2D eigenvalue weighted by atomic mass is 9.86. The molecule has 0 amide bonds. The molecule has 1 aromatic carbocycles. The third-order valence-electron chi connectivity index (χ3n) is 4.16. The van der Waals surface area contributed by atoms with Crippen LogP contribution in [0.25, 0.3) is 10.9 Å². The molecule has 108 valence electrons. The van der Waals surface area contributed by atoms with E-state index in [-0.39, 0.29) is 5.54 Å². The van der Waals surface area contributed by atoms with Crippen molar-refractivity contribution in [1.82, 2.24) is 10.3 Å². The Morgan fingerprint density at radius 1 is 1.10 bits per heavy atom. The van der Waals surface area contributed by atoms with Gasteiger partial charge in [0.05, 0.1) is 11.1 Å². The summed E-state index contributed by atoms with van der Waals surface area (Å²) in [6.45, 7) is 10.4. The van der Waals surface area contributed by atoms with Crippen molar-refractivity contribution in [3.05, 3.63) is 41.6 Å². The molecule has 0 bridgehead atoms. The maximum Gasteiger partial charge on any atom is 0.0767 e. The lowest BCUT2D eigenvalue weighted by Gasteiger charge is -2.38. The highest BCUT2D eigenvalue weighted by atomic mass is 16.3. The van der Waals surface area contributed by atoms with Gasteiger partial charge < -0.3 is 10.4 Å². The number of aliphatic hydroxyl groups is 1. The van der Waals surface area contributed by atoms with Crippen molar-refractivity contribution in [3.8, 4) is 0 Å². The lowest BCUT2D eigenvalue weighted by Crippen LogP contribution is -2.55. The Balaban J connectivity index is 2.17. The fourth-order valence-electron chi connectivity index (χ4n) is 1.93. The molecule has 0 aliphatic carbocycles. The first-order valence-corrected chi connectivity index (χ1v) is 7.03. The molecule has 0 radical (unpaired) electrons. The van der Waals surface area contributed by atoms with E-state index in [1.807, 2.05) is 40.7 Å². The van der Waals surface area contributed by atoms with Crippen LogP contribution in [0.4, 0.5) is 0 Å². The summed E-state index contributed by atoms with van der Waals surface area (Å²) in [4.78, 5) is 4.50. The van der Waals surface area contributed by atoms with Crippen molar-refractivity contribution in [3.63, 3.8) is 0 Å². The van der Waals surface area contributed by atoms with Gasteiger partial charge in [-0.15, -0.1) is 0 Å². The summed E-state index contributed by atoms with van der Waals surface area (Å²) >= 11 is 0. The lowest BCUT2D eigenvalue weighted by molar-refractivity contribution is -0.00531. The Bertz CT molecular complexity index is 612. The van der Waals surface area contributed by atoms with E-state index in [9.17, 15) is 5.11 Å². The molecule has 3 nitrogen and oxygen atoms in total. The van der Waals surface area contributed by atoms with E-state index >= 15 is 0 Å². The second kappa shape index (κ2) is 5.15. The average Bonchev–Trinajstić information content (AvgIpc) is 2.35. The third-order valence-corrected chi connectivity index (χ3v) is 4.16. The molecule has 2 rings (SSSR count). The molecule has 2 N–H and O–H groups in total. The first kappa shape index (κ1) is 14.9. The highest BCUT2D eigenvalue weighted by Gasteiger charge is 2.34. The fourth-order valence-corrected chi connectivity index (χ4v) is 1.93. The molecule has 0 unspecified atom stereocenters. The summed E-state index contributed by atoms with van der Waals surface area (Å²) in [5, 5.41) is 14.7. The second-order valence-corrected chi connectivity index (χ2v) is 6.52.